The Labute approximate surface area is 143 Å². The van der Waals surface area contributed by atoms with Crippen LogP contribution in [0.4, 0.5) is 14.6 Å². The molecule has 25 heavy (non-hydrogen) atoms. The maximum atomic E-state index is 14.5. The van der Waals surface area contributed by atoms with Crippen LogP contribution in [0.1, 0.15) is 29.9 Å². The molecule has 1 aromatic carbocycles. The van der Waals surface area contributed by atoms with Gasteiger partial charge >= 0.3 is 0 Å². The van der Waals surface area contributed by atoms with Crippen molar-refractivity contribution in [3.8, 4) is 6.07 Å². The van der Waals surface area contributed by atoms with Crippen LogP contribution in [0.3, 0.4) is 0 Å². The zero-order chi connectivity index (χ0) is 17.4. The van der Waals surface area contributed by atoms with Crippen molar-refractivity contribution in [1.82, 2.24) is 15.5 Å². The largest absolute Gasteiger partial charge is 0.343 e. The molecule has 0 saturated carbocycles. The summed E-state index contributed by atoms with van der Waals surface area (Å²) in [4.78, 5) is 0. The van der Waals surface area contributed by atoms with E-state index in [0.717, 1.165) is 31.6 Å². The summed E-state index contributed by atoms with van der Waals surface area (Å²) in [6, 6.07) is 5.98. The molecule has 1 aromatic heterocycles. The Kier molecular flexibility index (Phi) is 3.98. The van der Waals surface area contributed by atoms with Crippen molar-refractivity contribution in [2.75, 3.05) is 18.4 Å². The fourth-order valence-electron chi connectivity index (χ4n) is 3.77. The van der Waals surface area contributed by atoms with E-state index in [1.54, 1.807) is 0 Å². The number of piperidine rings is 1. The van der Waals surface area contributed by atoms with E-state index in [4.69, 9.17) is 0 Å². The standard InChI is InChI=1S/C18H17F2N5/c19-13-2-1-3-14(20)16(13)15-11(8-21)17(10-4-6-22-7-5-10)24-18-12(15)9-23-25-18/h1-3,9-10,15,22H,4-7H2,(H2,23,24,25). The molecule has 4 rings (SSSR count). The van der Waals surface area contributed by atoms with E-state index < -0.39 is 17.6 Å². The van der Waals surface area contributed by atoms with Crippen molar-refractivity contribution in [3.05, 3.63) is 58.4 Å². The summed E-state index contributed by atoms with van der Waals surface area (Å²) in [5.74, 6) is -1.37. The van der Waals surface area contributed by atoms with Crippen LogP contribution in [0.25, 0.3) is 0 Å². The molecule has 3 N–H and O–H groups in total. The molecule has 128 valence electrons. The number of aromatic amines is 1. The van der Waals surface area contributed by atoms with Crippen LogP contribution in [-0.2, 0) is 0 Å². The molecule has 7 heteroatoms. The lowest BCUT2D eigenvalue weighted by molar-refractivity contribution is 0.417. The topological polar surface area (TPSA) is 76.5 Å². The van der Waals surface area contributed by atoms with Crippen molar-refractivity contribution in [1.29, 1.82) is 5.26 Å². The first kappa shape index (κ1) is 15.8. The summed E-state index contributed by atoms with van der Waals surface area (Å²) in [5.41, 5.74) is 1.59. The van der Waals surface area contributed by atoms with Gasteiger partial charge in [0, 0.05) is 22.7 Å². The van der Waals surface area contributed by atoms with E-state index in [2.05, 4.69) is 26.9 Å². The molecule has 2 aromatic rings. The van der Waals surface area contributed by atoms with Crippen LogP contribution >= 0.6 is 0 Å². The van der Waals surface area contributed by atoms with E-state index in [0.29, 0.717) is 17.0 Å². The first-order valence-corrected chi connectivity index (χ1v) is 8.29. The lowest BCUT2D eigenvalue weighted by Crippen LogP contribution is -2.32. The fourth-order valence-corrected chi connectivity index (χ4v) is 3.77. The van der Waals surface area contributed by atoms with Gasteiger partial charge < -0.3 is 10.6 Å². The molecule has 3 heterocycles. The molecule has 1 unspecified atom stereocenters. The van der Waals surface area contributed by atoms with Gasteiger partial charge in [-0.3, -0.25) is 5.10 Å². The van der Waals surface area contributed by atoms with Gasteiger partial charge in [-0.15, -0.1) is 0 Å². The third-order valence-corrected chi connectivity index (χ3v) is 4.97. The maximum absolute atomic E-state index is 14.5. The van der Waals surface area contributed by atoms with Crippen molar-refractivity contribution < 1.29 is 8.78 Å². The van der Waals surface area contributed by atoms with Gasteiger partial charge in [-0.2, -0.15) is 10.4 Å². The maximum Gasteiger partial charge on any atom is 0.130 e. The lowest BCUT2D eigenvalue weighted by atomic mass is 9.79. The highest BCUT2D eigenvalue weighted by Gasteiger charge is 2.36. The van der Waals surface area contributed by atoms with Crippen molar-refractivity contribution in [2.24, 2.45) is 5.92 Å². The number of hydrogen-bond acceptors (Lipinski definition) is 4. The van der Waals surface area contributed by atoms with Crippen molar-refractivity contribution in [2.45, 2.75) is 18.8 Å². The number of allylic oxidation sites excluding steroid dienone is 2. The third kappa shape index (κ3) is 2.59. The molecule has 0 amide bonds. The van der Waals surface area contributed by atoms with Gasteiger partial charge in [0.15, 0.2) is 0 Å². The number of nitrogens with one attached hydrogen (secondary N) is 3. The zero-order valence-corrected chi connectivity index (χ0v) is 13.4. The molecule has 1 atom stereocenters. The fraction of sp³-hybridized carbons (Fsp3) is 0.333. The highest BCUT2D eigenvalue weighted by molar-refractivity contribution is 5.65. The number of anilines is 1. The van der Waals surface area contributed by atoms with Gasteiger partial charge in [0.25, 0.3) is 0 Å². The molecule has 5 nitrogen and oxygen atoms in total. The molecular weight excluding hydrogens is 324 g/mol. The van der Waals surface area contributed by atoms with Gasteiger partial charge in [0.05, 0.1) is 23.8 Å². The number of rotatable bonds is 2. The Bertz CT molecular complexity index is 854. The second-order valence-electron chi connectivity index (χ2n) is 6.36. The van der Waals surface area contributed by atoms with Crippen LogP contribution in [0.2, 0.25) is 0 Å². The van der Waals surface area contributed by atoms with Crippen LogP contribution in [-0.4, -0.2) is 23.3 Å². The van der Waals surface area contributed by atoms with Gasteiger partial charge in [-0.05, 0) is 38.1 Å². The predicted molar refractivity (Wildman–Crippen MR) is 88.6 cm³/mol. The highest BCUT2D eigenvalue weighted by atomic mass is 19.1. The molecule has 2 aliphatic heterocycles. The van der Waals surface area contributed by atoms with Gasteiger partial charge in [0.2, 0.25) is 0 Å². The van der Waals surface area contributed by atoms with E-state index in [-0.39, 0.29) is 11.5 Å². The quantitative estimate of drug-likeness (QED) is 0.785. The van der Waals surface area contributed by atoms with Gasteiger partial charge in [0.1, 0.15) is 17.5 Å². The summed E-state index contributed by atoms with van der Waals surface area (Å²) in [5, 5.41) is 23.2. The first-order valence-electron chi connectivity index (χ1n) is 8.29. The number of nitriles is 1. The van der Waals surface area contributed by atoms with Crippen LogP contribution in [0.5, 0.6) is 0 Å². The second kappa shape index (κ2) is 6.30. The van der Waals surface area contributed by atoms with Crippen molar-refractivity contribution >= 4 is 5.82 Å². The highest BCUT2D eigenvalue weighted by Crippen LogP contribution is 2.44. The van der Waals surface area contributed by atoms with Gasteiger partial charge in [-0.25, -0.2) is 8.78 Å². The van der Waals surface area contributed by atoms with E-state index in [1.807, 2.05) is 0 Å². The van der Waals surface area contributed by atoms with Crippen LogP contribution < -0.4 is 10.6 Å². The van der Waals surface area contributed by atoms with E-state index in [1.165, 1.54) is 24.4 Å². The Morgan fingerprint density at radius 1 is 1.16 bits per heavy atom. The van der Waals surface area contributed by atoms with E-state index in [9.17, 15) is 14.0 Å². The number of aromatic nitrogens is 2. The predicted octanol–water partition coefficient (Wildman–Crippen LogP) is 3.02. The number of halogens is 2. The SMILES string of the molecule is N#CC1=C(C2CCNCC2)Nc2[nH]ncc2C1c1c(F)cccc1F. The number of benzene rings is 1. The minimum atomic E-state index is -0.800. The Hall–Kier alpha value is -2.72. The molecule has 0 spiro atoms. The Morgan fingerprint density at radius 3 is 2.56 bits per heavy atom. The number of fused-ring (bicyclic) bond motifs is 1. The minimum Gasteiger partial charge on any atom is -0.343 e. The summed E-state index contributed by atoms with van der Waals surface area (Å²) >= 11 is 0. The van der Waals surface area contributed by atoms with E-state index >= 15 is 0 Å². The Morgan fingerprint density at radius 2 is 1.88 bits per heavy atom. The molecule has 2 aliphatic rings. The molecule has 1 saturated heterocycles. The van der Waals surface area contributed by atoms with Crippen molar-refractivity contribution in [3.63, 3.8) is 0 Å². The minimum absolute atomic E-state index is 0.102. The summed E-state index contributed by atoms with van der Waals surface area (Å²) in [7, 11) is 0. The van der Waals surface area contributed by atoms with Gasteiger partial charge in [-0.1, -0.05) is 6.07 Å². The summed E-state index contributed by atoms with van der Waals surface area (Å²) in [6.45, 7) is 1.70. The number of hydrogen-bond donors (Lipinski definition) is 3. The zero-order valence-electron chi connectivity index (χ0n) is 13.4. The molecule has 0 bridgehead atoms. The molecule has 0 aliphatic carbocycles. The molecule has 0 radical (unpaired) electrons. The lowest BCUT2D eigenvalue weighted by Gasteiger charge is -2.32. The second-order valence-corrected chi connectivity index (χ2v) is 6.36. The summed E-state index contributed by atoms with van der Waals surface area (Å²) in [6.07, 6.45) is 3.25. The summed E-state index contributed by atoms with van der Waals surface area (Å²) < 4.78 is 29.0. The van der Waals surface area contributed by atoms with Crippen LogP contribution in [0.15, 0.2) is 35.7 Å². The molecule has 1 fully saturated rings. The average molecular weight is 341 g/mol. The Balaban J connectivity index is 1.91. The average Bonchev–Trinajstić information content (AvgIpc) is 3.10. The molecular formula is C18H17F2N5. The number of nitrogens with zero attached hydrogens (tertiary/aromatic N) is 2. The monoisotopic (exact) mass is 341 g/mol. The first-order chi connectivity index (χ1) is 12.2. The van der Waals surface area contributed by atoms with Crippen LogP contribution in [0, 0.1) is 28.9 Å². The third-order valence-electron chi connectivity index (χ3n) is 4.97. The normalized spacial score (nSPS) is 20.8. The number of H-pyrrole nitrogens is 1. The smallest absolute Gasteiger partial charge is 0.130 e.